The SMILES string of the molecule is CCOc1oc(C2CCCCCCC2)nc1C(=O)O. The molecular formula is C14H21NO4. The van der Waals surface area contributed by atoms with Crippen LogP contribution in [0.25, 0.3) is 0 Å². The number of nitrogens with zero attached hydrogens (tertiary/aromatic N) is 1. The van der Waals surface area contributed by atoms with Crippen LogP contribution in [0.3, 0.4) is 0 Å². The van der Waals surface area contributed by atoms with Crippen LogP contribution < -0.4 is 4.74 Å². The average molecular weight is 267 g/mol. The Kier molecular flexibility index (Phi) is 4.82. The van der Waals surface area contributed by atoms with Gasteiger partial charge in [0.15, 0.2) is 0 Å². The van der Waals surface area contributed by atoms with Crippen molar-refractivity contribution in [3.8, 4) is 5.95 Å². The molecule has 1 aliphatic carbocycles. The van der Waals surface area contributed by atoms with E-state index >= 15 is 0 Å². The zero-order chi connectivity index (χ0) is 13.7. The Morgan fingerprint density at radius 1 is 1.32 bits per heavy atom. The summed E-state index contributed by atoms with van der Waals surface area (Å²) < 4.78 is 10.8. The second kappa shape index (κ2) is 6.59. The van der Waals surface area contributed by atoms with Crippen molar-refractivity contribution in [2.45, 2.75) is 57.8 Å². The third kappa shape index (κ3) is 3.49. The number of aromatic nitrogens is 1. The first-order valence-corrected chi connectivity index (χ1v) is 7.09. The summed E-state index contributed by atoms with van der Waals surface area (Å²) in [6.45, 7) is 2.17. The summed E-state index contributed by atoms with van der Waals surface area (Å²) in [4.78, 5) is 15.2. The number of carbonyl (C=O) groups is 1. The van der Waals surface area contributed by atoms with Gasteiger partial charge in [-0.15, -0.1) is 0 Å². The maximum Gasteiger partial charge on any atom is 0.362 e. The Morgan fingerprint density at radius 3 is 2.53 bits per heavy atom. The molecule has 1 heterocycles. The van der Waals surface area contributed by atoms with E-state index < -0.39 is 5.97 Å². The molecule has 0 saturated heterocycles. The predicted octanol–water partition coefficient (Wildman–Crippen LogP) is 3.60. The molecule has 1 N–H and O–H groups in total. The summed E-state index contributed by atoms with van der Waals surface area (Å²) in [5.74, 6) is -0.285. The molecule has 0 amide bonds. The van der Waals surface area contributed by atoms with E-state index in [0.717, 1.165) is 25.7 Å². The number of rotatable bonds is 4. The first-order valence-electron chi connectivity index (χ1n) is 7.09. The van der Waals surface area contributed by atoms with Crippen LogP contribution in [-0.2, 0) is 0 Å². The quantitative estimate of drug-likeness (QED) is 0.902. The lowest BCUT2D eigenvalue weighted by molar-refractivity contribution is 0.0683. The number of carboxylic acid groups (broad SMARTS) is 1. The predicted molar refractivity (Wildman–Crippen MR) is 69.7 cm³/mol. The van der Waals surface area contributed by atoms with Crippen molar-refractivity contribution >= 4 is 5.97 Å². The van der Waals surface area contributed by atoms with Gasteiger partial charge < -0.3 is 14.3 Å². The minimum atomic E-state index is -1.09. The third-order valence-electron chi connectivity index (χ3n) is 3.55. The highest BCUT2D eigenvalue weighted by atomic mass is 16.6. The average Bonchev–Trinajstić information content (AvgIpc) is 2.73. The topological polar surface area (TPSA) is 72.6 Å². The Morgan fingerprint density at radius 2 is 1.95 bits per heavy atom. The van der Waals surface area contributed by atoms with Crippen LogP contribution in [0.4, 0.5) is 0 Å². The molecule has 0 spiro atoms. The van der Waals surface area contributed by atoms with Crippen LogP contribution >= 0.6 is 0 Å². The number of carboxylic acids is 1. The number of hydrogen-bond acceptors (Lipinski definition) is 4. The lowest BCUT2D eigenvalue weighted by Gasteiger charge is -2.16. The molecule has 1 saturated carbocycles. The summed E-state index contributed by atoms with van der Waals surface area (Å²) in [5.41, 5.74) is -0.0982. The van der Waals surface area contributed by atoms with Gasteiger partial charge in [-0.3, -0.25) is 0 Å². The van der Waals surface area contributed by atoms with Crippen molar-refractivity contribution in [2.24, 2.45) is 0 Å². The van der Waals surface area contributed by atoms with Gasteiger partial charge in [0.05, 0.1) is 6.61 Å². The van der Waals surface area contributed by atoms with E-state index in [0.29, 0.717) is 12.5 Å². The molecule has 0 aromatic carbocycles. The van der Waals surface area contributed by atoms with Crippen LogP contribution in [-0.4, -0.2) is 22.7 Å². The fourth-order valence-corrected chi connectivity index (χ4v) is 2.56. The Bertz CT molecular complexity index is 419. The molecule has 0 radical (unpaired) electrons. The Hall–Kier alpha value is -1.52. The van der Waals surface area contributed by atoms with Gasteiger partial charge in [-0.1, -0.05) is 32.1 Å². The van der Waals surface area contributed by atoms with Gasteiger partial charge in [-0.05, 0) is 19.8 Å². The summed E-state index contributed by atoms with van der Waals surface area (Å²) in [5, 5.41) is 9.10. The van der Waals surface area contributed by atoms with Crippen molar-refractivity contribution in [3.05, 3.63) is 11.6 Å². The van der Waals surface area contributed by atoms with E-state index in [1.807, 2.05) is 0 Å². The largest absolute Gasteiger partial charge is 0.476 e. The molecule has 106 valence electrons. The minimum Gasteiger partial charge on any atom is -0.476 e. The first kappa shape index (κ1) is 13.9. The molecule has 1 aromatic rings. The molecular weight excluding hydrogens is 246 g/mol. The van der Waals surface area contributed by atoms with E-state index in [-0.39, 0.29) is 17.6 Å². The molecule has 2 rings (SSSR count). The Labute approximate surface area is 113 Å². The van der Waals surface area contributed by atoms with Gasteiger partial charge >= 0.3 is 11.9 Å². The second-order valence-corrected chi connectivity index (χ2v) is 4.97. The summed E-state index contributed by atoms with van der Waals surface area (Å²) in [6.07, 6.45) is 8.11. The minimum absolute atomic E-state index is 0.0482. The second-order valence-electron chi connectivity index (χ2n) is 4.97. The Balaban J connectivity index is 2.17. The standard InChI is InChI=1S/C14H21NO4/c1-2-18-14-11(13(16)17)15-12(19-14)10-8-6-4-3-5-7-9-10/h10H,2-9H2,1H3,(H,16,17). The molecule has 1 aliphatic rings. The monoisotopic (exact) mass is 267 g/mol. The molecule has 0 unspecified atom stereocenters. The van der Waals surface area contributed by atoms with Crippen LogP contribution in [0.15, 0.2) is 4.42 Å². The molecule has 5 nitrogen and oxygen atoms in total. The highest BCUT2D eigenvalue weighted by Crippen LogP contribution is 2.33. The lowest BCUT2D eigenvalue weighted by atomic mass is 9.91. The number of hydrogen-bond donors (Lipinski definition) is 1. The van der Waals surface area contributed by atoms with E-state index in [9.17, 15) is 4.79 Å². The van der Waals surface area contributed by atoms with Crippen molar-refractivity contribution < 1.29 is 19.1 Å². The number of oxazole rings is 1. The van der Waals surface area contributed by atoms with Gasteiger partial charge in [0, 0.05) is 5.92 Å². The van der Waals surface area contributed by atoms with Crippen molar-refractivity contribution in [1.82, 2.24) is 4.98 Å². The molecule has 5 heteroatoms. The normalized spacial score (nSPS) is 17.7. The van der Waals surface area contributed by atoms with Gasteiger partial charge in [0.1, 0.15) is 0 Å². The summed E-state index contributed by atoms with van der Waals surface area (Å²) in [7, 11) is 0. The van der Waals surface area contributed by atoms with Crippen molar-refractivity contribution in [2.75, 3.05) is 6.61 Å². The highest BCUT2D eigenvalue weighted by Gasteiger charge is 2.25. The van der Waals surface area contributed by atoms with Crippen LogP contribution in [0.2, 0.25) is 0 Å². The van der Waals surface area contributed by atoms with Gasteiger partial charge in [0.2, 0.25) is 11.6 Å². The zero-order valence-electron chi connectivity index (χ0n) is 11.4. The lowest BCUT2D eigenvalue weighted by Crippen LogP contribution is -2.04. The van der Waals surface area contributed by atoms with E-state index in [1.54, 1.807) is 6.92 Å². The fraction of sp³-hybridized carbons (Fsp3) is 0.714. The summed E-state index contributed by atoms with van der Waals surface area (Å²) >= 11 is 0. The van der Waals surface area contributed by atoms with Gasteiger partial charge in [-0.2, -0.15) is 0 Å². The first-order chi connectivity index (χ1) is 9.22. The molecule has 19 heavy (non-hydrogen) atoms. The van der Waals surface area contributed by atoms with Crippen molar-refractivity contribution in [3.63, 3.8) is 0 Å². The van der Waals surface area contributed by atoms with Gasteiger partial charge in [0.25, 0.3) is 0 Å². The van der Waals surface area contributed by atoms with Crippen LogP contribution in [0.5, 0.6) is 5.95 Å². The van der Waals surface area contributed by atoms with Crippen LogP contribution in [0.1, 0.15) is 74.2 Å². The fourth-order valence-electron chi connectivity index (χ4n) is 2.56. The molecule has 1 aromatic heterocycles. The van der Waals surface area contributed by atoms with Crippen molar-refractivity contribution in [1.29, 1.82) is 0 Å². The maximum absolute atomic E-state index is 11.1. The van der Waals surface area contributed by atoms with E-state index in [2.05, 4.69) is 4.98 Å². The molecule has 0 aliphatic heterocycles. The van der Waals surface area contributed by atoms with E-state index in [4.69, 9.17) is 14.3 Å². The highest BCUT2D eigenvalue weighted by molar-refractivity contribution is 5.87. The number of aromatic carboxylic acids is 1. The molecule has 0 bridgehead atoms. The molecule has 1 fully saturated rings. The van der Waals surface area contributed by atoms with Crippen LogP contribution in [0, 0.1) is 0 Å². The third-order valence-corrected chi connectivity index (χ3v) is 3.55. The summed E-state index contributed by atoms with van der Waals surface area (Å²) in [6, 6.07) is 0. The van der Waals surface area contributed by atoms with Gasteiger partial charge in [-0.25, -0.2) is 9.78 Å². The smallest absolute Gasteiger partial charge is 0.362 e. The number of ether oxygens (including phenoxy) is 1. The maximum atomic E-state index is 11.1. The van der Waals surface area contributed by atoms with E-state index in [1.165, 1.54) is 19.3 Å². The molecule has 0 atom stereocenters. The zero-order valence-corrected chi connectivity index (χ0v) is 11.4.